The number of carbonyl (C=O) groups is 1. The summed E-state index contributed by atoms with van der Waals surface area (Å²) in [6, 6.07) is -0.0988. The lowest BCUT2D eigenvalue weighted by atomic mass is 9.86. The summed E-state index contributed by atoms with van der Waals surface area (Å²) < 4.78 is 0. The van der Waals surface area contributed by atoms with E-state index < -0.39 is 0 Å². The van der Waals surface area contributed by atoms with Crippen molar-refractivity contribution in [2.75, 3.05) is 13.2 Å². The maximum Gasteiger partial charge on any atom is 0.237 e. The van der Waals surface area contributed by atoms with E-state index in [0.717, 1.165) is 12.0 Å². The highest BCUT2D eigenvalue weighted by atomic mass is 16.3. The number of aliphatic hydroxyl groups excluding tert-OH is 2. The van der Waals surface area contributed by atoms with Gasteiger partial charge in [0.25, 0.3) is 0 Å². The summed E-state index contributed by atoms with van der Waals surface area (Å²) in [6.45, 7) is 5.90. The van der Waals surface area contributed by atoms with E-state index in [0.29, 0.717) is 6.42 Å². The third kappa shape index (κ3) is 5.30. The molecule has 1 aliphatic rings. The van der Waals surface area contributed by atoms with Crippen LogP contribution in [-0.2, 0) is 4.79 Å². The minimum atomic E-state index is -0.250. The van der Waals surface area contributed by atoms with Crippen LogP contribution in [0, 0.1) is 5.92 Å². The van der Waals surface area contributed by atoms with Crippen LogP contribution >= 0.6 is 0 Å². The van der Waals surface area contributed by atoms with E-state index in [-0.39, 0.29) is 43.2 Å². The van der Waals surface area contributed by atoms with Crippen LogP contribution in [0.2, 0.25) is 0 Å². The molecule has 0 spiro atoms. The van der Waals surface area contributed by atoms with Gasteiger partial charge in [-0.1, -0.05) is 19.9 Å². The van der Waals surface area contributed by atoms with Crippen molar-refractivity contribution in [1.82, 2.24) is 10.6 Å². The fraction of sp³-hybridized carbons (Fsp3) is 0.786. The molecule has 1 aliphatic carbocycles. The van der Waals surface area contributed by atoms with Gasteiger partial charge in [0.05, 0.1) is 12.6 Å². The average molecular weight is 270 g/mol. The number of aliphatic hydroxyl groups is 2. The van der Waals surface area contributed by atoms with Crippen molar-refractivity contribution in [3.63, 3.8) is 0 Å². The van der Waals surface area contributed by atoms with Crippen molar-refractivity contribution in [3.8, 4) is 0 Å². The molecular weight excluding hydrogens is 244 g/mol. The van der Waals surface area contributed by atoms with Crippen molar-refractivity contribution >= 4 is 5.91 Å². The summed E-state index contributed by atoms with van der Waals surface area (Å²) in [5.41, 5.74) is 0.889. The molecule has 19 heavy (non-hydrogen) atoms. The maximum absolute atomic E-state index is 12.0. The lowest BCUT2D eigenvalue weighted by Gasteiger charge is -2.28. The largest absolute Gasteiger partial charge is 0.396 e. The van der Waals surface area contributed by atoms with Crippen LogP contribution in [0.5, 0.6) is 0 Å². The van der Waals surface area contributed by atoms with Gasteiger partial charge in [-0.2, -0.15) is 0 Å². The first-order valence-corrected chi connectivity index (χ1v) is 6.94. The van der Waals surface area contributed by atoms with Crippen LogP contribution in [0.1, 0.15) is 33.6 Å². The minimum absolute atomic E-state index is 0.0112. The Morgan fingerprint density at radius 1 is 1.42 bits per heavy atom. The first-order valence-electron chi connectivity index (χ1n) is 6.94. The summed E-state index contributed by atoms with van der Waals surface area (Å²) in [7, 11) is 0. The topological polar surface area (TPSA) is 81.6 Å². The van der Waals surface area contributed by atoms with Gasteiger partial charge in [-0.05, 0) is 31.3 Å². The van der Waals surface area contributed by atoms with Crippen LogP contribution in [0.4, 0.5) is 0 Å². The number of hydrogen-bond acceptors (Lipinski definition) is 4. The molecule has 1 amide bonds. The molecule has 0 saturated carbocycles. The standard InChI is InChI=1S/C14H26N2O3/c1-9(2)15-10(3)14(19)16-13-5-11(7-17)4-12(6-13)8-18/h5,9-10,12-13,15,17-18H,4,6-8H2,1-3H3,(H,16,19)/t10-,12?,13?/m1/s1. The highest BCUT2D eigenvalue weighted by molar-refractivity contribution is 5.81. The molecule has 5 nitrogen and oxygen atoms in total. The molecule has 0 bridgehead atoms. The molecule has 1 rings (SSSR count). The molecule has 5 heteroatoms. The molecule has 0 aliphatic heterocycles. The fourth-order valence-electron chi connectivity index (χ4n) is 2.47. The molecular formula is C14H26N2O3. The predicted octanol–water partition coefficient (Wildman–Crippen LogP) is 0.179. The normalized spacial score (nSPS) is 25.1. The Bertz CT molecular complexity index is 329. The highest BCUT2D eigenvalue weighted by Crippen LogP contribution is 2.23. The fourth-order valence-corrected chi connectivity index (χ4v) is 2.47. The van der Waals surface area contributed by atoms with Crippen LogP contribution in [0.15, 0.2) is 11.6 Å². The van der Waals surface area contributed by atoms with Crippen molar-refractivity contribution in [1.29, 1.82) is 0 Å². The summed E-state index contributed by atoms with van der Waals surface area (Å²) >= 11 is 0. The Morgan fingerprint density at radius 3 is 2.63 bits per heavy atom. The summed E-state index contributed by atoms with van der Waals surface area (Å²) in [6.07, 6.45) is 3.34. The van der Waals surface area contributed by atoms with E-state index in [4.69, 9.17) is 0 Å². The molecule has 0 aromatic rings. The Labute approximate surface area is 115 Å². The van der Waals surface area contributed by atoms with Gasteiger partial charge in [-0.15, -0.1) is 0 Å². The van der Waals surface area contributed by atoms with Gasteiger partial charge in [0.1, 0.15) is 0 Å². The van der Waals surface area contributed by atoms with Crippen LogP contribution < -0.4 is 10.6 Å². The molecule has 0 heterocycles. The summed E-state index contributed by atoms with van der Waals surface area (Å²) in [4.78, 5) is 12.0. The Hall–Kier alpha value is -0.910. The van der Waals surface area contributed by atoms with Crippen molar-refractivity contribution in [3.05, 3.63) is 11.6 Å². The zero-order valence-electron chi connectivity index (χ0n) is 12.0. The van der Waals surface area contributed by atoms with E-state index in [9.17, 15) is 15.0 Å². The van der Waals surface area contributed by atoms with Crippen LogP contribution in [0.3, 0.4) is 0 Å². The molecule has 0 saturated heterocycles. The number of nitrogens with one attached hydrogen (secondary N) is 2. The molecule has 2 unspecified atom stereocenters. The minimum Gasteiger partial charge on any atom is -0.396 e. The maximum atomic E-state index is 12.0. The summed E-state index contributed by atoms with van der Waals surface area (Å²) in [5, 5.41) is 24.6. The highest BCUT2D eigenvalue weighted by Gasteiger charge is 2.24. The van der Waals surface area contributed by atoms with E-state index in [1.807, 2.05) is 26.8 Å². The lowest BCUT2D eigenvalue weighted by molar-refractivity contribution is -0.123. The Balaban J connectivity index is 2.57. The SMILES string of the molecule is CC(C)N[C@H](C)C(=O)NC1C=C(CO)CC(CO)C1. The lowest BCUT2D eigenvalue weighted by Crippen LogP contribution is -2.48. The van der Waals surface area contributed by atoms with Gasteiger partial charge < -0.3 is 20.8 Å². The number of amides is 1. The first kappa shape index (κ1) is 16.1. The number of hydrogen-bond donors (Lipinski definition) is 4. The molecule has 0 aromatic carbocycles. The van der Waals surface area contributed by atoms with Gasteiger partial charge in [0, 0.05) is 18.7 Å². The van der Waals surface area contributed by atoms with Gasteiger partial charge in [-0.25, -0.2) is 0 Å². The smallest absolute Gasteiger partial charge is 0.237 e. The van der Waals surface area contributed by atoms with Gasteiger partial charge >= 0.3 is 0 Å². The number of carbonyl (C=O) groups excluding carboxylic acids is 1. The second-order valence-corrected chi connectivity index (χ2v) is 5.63. The monoisotopic (exact) mass is 270 g/mol. The van der Waals surface area contributed by atoms with E-state index in [2.05, 4.69) is 10.6 Å². The molecule has 0 fully saturated rings. The van der Waals surface area contributed by atoms with Gasteiger partial charge in [0.15, 0.2) is 0 Å². The quantitative estimate of drug-likeness (QED) is 0.519. The first-order chi connectivity index (χ1) is 8.96. The Morgan fingerprint density at radius 2 is 2.11 bits per heavy atom. The molecule has 0 aromatic heterocycles. The van der Waals surface area contributed by atoms with Crippen molar-refractivity contribution in [2.24, 2.45) is 5.92 Å². The summed E-state index contributed by atoms with van der Waals surface area (Å²) in [5.74, 6) is 0.0663. The van der Waals surface area contributed by atoms with Crippen LogP contribution in [0.25, 0.3) is 0 Å². The van der Waals surface area contributed by atoms with Crippen LogP contribution in [-0.4, -0.2) is 47.5 Å². The second-order valence-electron chi connectivity index (χ2n) is 5.63. The van der Waals surface area contributed by atoms with Crippen molar-refractivity contribution < 1.29 is 15.0 Å². The predicted molar refractivity (Wildman–Crippen MR) is 74.6 cm³/mol. The second kappa shape index (κ2) is 7.62. The van der Waals surface area contributed by atoms with E-state index in [1.54, 1.807) is 0 Å². The third-order valence-corrected chi connectivity index (χ3v) is 3.34. The van der Waals surface area contributed by atoms with Gasteiger partial charge in [-0.3, -0.25) is 4.79 Å². The molecule has 3 atom stereocenters. The van der Waals surface area contributed by atoms with Gasteiger partial charge in [0.2, 0.25) is 5.91 Å². The van der Waals surface area contributed by atoms with Crippen molar-refractivity contribution in [2.45, 2.75) is 51.7 Å². The van der Waals surface area contributed by atoms with E-state index in [1.165, 1.54) is 0 Å². The molecule has 110 valence electrons. The number of rotatable bonds is 6. The molecule has 4 N–H and O–H groups in total. The zero-order valence-corrected chi connectivity index (χ0v) is 12.0. The zero-order chi connectivity index (χ0) is 14.4. The Kier molecular flexibility index (Phi) is 6.48. The van der Waals surface area contributed by atoms with E-state index >= 15 is 0 Å². The molecule has 0 radical (unpaired) electrons. The average Bonchev–Trinajstić information content (AvgIpc) is 2.37. The third-order valence-electron chi connectivity index (χ3n) is 3.34.